The molecule has 1 rings (SSSR count). The Hall–Kier alpha value is -0.120. The largest absolute Gasteiger partial charge is 0.374 e. The molecule has 0 radical (unpaired) electrons. The molecular formula is C9H20N2O. The third kappa shape index (κ3) is 2.73. The zero-order valence-electron chi connectivity index (χ0n) is 8.52. The quantitative estimate of drug-likeness (QED) is 0.562. The molecule has 2 N–H and O–H groups in total. The predicted molar refractivity (Wildman–Crippen MR) is 50.0 cm³/mol. The first-order chi connectivity index (χ1) is 5.31. The van der Waals surface area contributed by atoms with Crippen molar-refractivity contribution >= 4 is 0 Å². The minimum absolute atomic E-state index is 0.0140. The van der Waals surface area contributed by atoms with Crippen LogP contribution < -0.4 is 5.32 Å². The first-order valence-electron chi connectivity index (χ1n) is 4.51. The molecule has 1 heterocycles. The minimum atomic E-state index is -0.674. The number of β-amino-alcohol motifs (C(OH)–C–C–N with tert-alkyl or cyclic N) is 1. The van der Waals surface area contributed by atoms with Crippen LogP contribution in [0.2, 0.25) is 0 Å². The van der Waals surface area contributed by atoms with E-state index in [0.29, 0.717) is 0 Å². The Morgan fingerprint density at radius 3 is 2.33 bits per heavy atom. The van der Waals surface area contributed by atoms with Crippen molar-refractivity contribution in [3.8, 4) is 0 Å². The third-order valence-electron chi connectivity index (χ3n) is 2.05. The molecule has 1 atom stereocenters. The summed E-state index contributed by atoms with van der Waals surface area (Å²) in [4.78, 5) is 2.14. The lowest BCUT2D eigenvalue weighted by Crippen LogP contribution is -2.55. The Labute approximate surface area is 74.8 Å². The maximum atomic E-state index is 10.0. The fraction of sp³-hybridized carbons (Fsp3) is 1.00. The third-order valence-corrected chi connectivity index (χ3v) is 2.05. The monoisotopic (exact) mass is 172 g/mol. The van der Waals surface area contributed by atoms with E-state index in [-0.39, 0.29) is 5.54 Å². The summed E-state index contributed by atoms with van der Waals surface area (Å²) in [7, 11) is 2.03. The van der Waals surface area contributed by atoms with Crippen LogP contribution in [0, 0.1) is 0 Å². The van der Waals surface area contributed by atoms with Crippen LogP contribution in [0.15, 0.2) is 0 Å². The fourth-order valence-corrected chi connectivity index (χ4v) is 1.78. The summed E-state index contributed by atoms with van der Waals surface area (Å²) in [5.41, 5.74) is -0.688. The standard InChI is InChI=1S/C9H20N2O/c1-8(2,3)10-9(12)5-6-11(4)7-9/h10,12H,5-7H2,1-4H3. The number of aliphatic hydroxyl groups is 1. The van der Waals surface area contributed by atoms with Crippen LogP contribution in [-0.4, -0.2) is 41.4 Å². The molecule has 0 aromatic heterocycles. The molecule has 12 heavy (non-hydrogen) atoms. The van der Waals surface area contributed by atoms with Crippen molar-refractivity contribution in [3.05, 3.63) is 0 Å². The van der Waals surface area contributed by atoms with E-state index in [9.17, 15) is 5.11 Å². The molecule has 1 aliphatic heterocycles. The number of hydrogen-bond acceptors (Lipinski definition) is 3. The van der Waals surface area contributed by atoms with Crippen LogP contribution in [0.5, 0.6) is 0 Å². The Balaban J connectivity index is 2.51. The van der Waals surface area contributed by atoms with Crippen LogP contribution >= 0.6 is 0 Å². The van der Waals surface area contributed by atoms with Gasteiger partial charge >= 0.3 is 0 Å². The molecule has 0 saturated carbocycles. The van der Waals surface area contributed by atoms with E-state index >= 15 is 0 Å². The zero-order valence-corrected chi connectivity index (χ0v) is 8.52. The van der Waals surface area contributed by atoms with Gasteiger partial charge in [0.2, 0.25) is 0 Å². The van der Waals surface area contributed by atoms with Crippen molar-refractivity contribution in [1.82, 2.24) is 10.2 Å². The Morgan fingerprint density at radius 2 is 2.00 bits per heavy atom. The second-order valence-corrected chi connectivity index (χ2v) is 4.89. The number of likely N-dealkylation sites (tertiary alicyclic amines) is 1. The summed E-state index contributed by atoms with van der Waals surface area (Å²) < 4.78 is 0. The van der Waals surface area contributed by atoms with Crippen molar-refractivity contribution in [2.24, 2.45) is 0 Å². The van der Waals surface area contributed by atoms with Crippen LogP contribution in [0.25, 0.3) is 0 Å². The summed E-state index contributed by atoms with van der Waals surface area (Å²) >= 11 is 0. The van der Waals surface area contributed by atoms with E-state index < -0.39 is 5.72 Å². The number of nitrogens with zero attached hydrogens (tertiary/aromatic N) is 1. The molecule has 0 bridgehead atoms. The minimum Gasteiger partial charge on any atom is -0.374 e. The average Bonchev–Trinajstić information content (AvgIpc) is 2.05. The highest BCUT2D eigenvalue weighted by molar-refractivity contribution is 4.90. The number of nitrogens with one attached hydrogen (secondary N) is 1. The maximum Gasteiger partial charge on any atom is 0.130 e. The molecule has 3 nitrogen and oxygen atoms in total. The van der Waals surface area contributed by atoms with E-state index in [1.54, 1.807) is 0 Å². The first kappa shape index (κ1) is 9.96. The molecule has 0 amide bonds. The highest BCUT2D eigenvalue weighted by Crippen LogP contribution is 2.19. The molecule has 1 saturated heterocycles. The van der Waals surface area contributed by atoms with E-state index in [4.69, 9.17) is 0 Å². The highest BCUT2D eigenvalue weighted by Gasteiger charge is 2.36. The van der Waals surface area contributed by atoms with Gasteiger partial charge in [0.25, 0.3) is 0 Å². The Kier molecular flexibility index (Phi) is 2.47. The van der Waals surface area contributed by atoms with Crippen LogP contribution in [0.4, 0.5) is 0 Å². The smallest absolute Gasteiger partial charge is 0.130 e. The zero-order chi connectivity index (χ0) is 9.41. The molecule has 0 aromatic carbocycles. The summed E-state index contributed by atoms with van der Waals surface area (Å²) in [5, 5.41) is 13.3. The molecular weight excluding hydrogens is 152 g/mol. The molecule has 0 spiro atoms. The SMILES string of the molecule is CN1CCC(O)(NC(C)(C)C)C1. The molecule has 1 aliphatic rings. The van der Waals surface area contributed by atoms with Gasteiger partial charge in [0.05, 0.1) is 0 Å². The number of hydrogen-bond donors (Lipinski definition) is 2. The topological polar surface area (TPSA) is 35.5 Å². The summed E-state index contributed by atoms with van der Waals surface area (Å²) in [6, 6.07) is 0. The van der Waals surface area contributed by atoms with Gasteiger partial charge in [0.15, 0.2) is 0 Å². The lowest BCUT2D eigenvalue weighted by Gasteiger charge is -2.33. The normalized spacial score (nSPS) is 32.8. The number of rotatable bonds is 1. The molecule has 72 valence electrons. The maximum absolute atomic E-state index is 10.0. The fourth-order valence-electron chi connectivity index (χ4n) is 1.78. The first-order valence-corrected chi connectivity index (χ1v) is 4.51. The van der Waals surface area contributed by atoms with E-state index in [0.717, 1.165) is 19.5 Å². The van der Waals surface area contributed by atoms with Crippen LogP contribution in [-0.2, 0) is 0 Å². The van der Waals surface area contributed by atoms with Gasteiger partial charge in [0.1, 0.15) is 5.72 Å². The van der Waals surface area contributed by atoms with Crippen molar-refractivity contribution < 1.29 is 5.11 Å². The summed E-state index contributed by atoms with van der Waals surface area (Å²) in [6.07, 6.45) is 0.820. The molecule has 1 fully saturated rings. The second-order valence-electron chi connectivity index (χ2n) is 4.89. The lowest BCUT2D eigenvalue weighted by atomic mass is 10.0. The molecule has 0 aromatic rings. The van der Waals surface area contributed by atoms with Gasteiger partial charge in [-0.05, 0) is 27.8 Å². The van der Waals surface area contributed by atoms with Gasteiger partial charge in [-0.2, -0.15) is 0 Å². The second kappa shape index (κ2) is 2.98. The van der Waals surface area contributed by atoms with Gasteiger partial charge in [0, 0.05) is 25.0 Å². The van der Waals surface area contributed by atoms with Gasteiger partial charge in [-0.25, -0.2) is 0 Å². The van der Waals surface area contributed by atoms with Crippen molar-refractivity contribution in [2.45, 2.75) is 38.5 Å². The van der Waals surface area contributed by atoms with Crippen LogP contribution in [0.1, 0.15) is 27.2 Å². The van der Waals surface area contributed by atoms with E-state index in [1.807, 2.05) is 7.05 Å². The molecule has 3 heteroatoms. The van der Waals surface area contributed by atoms with Gasteiger partial charge in [-0.15, -0.1) is 0 Å². The molecule has 1 unspecified atom stereocenters. The van der Waals surface area contributed by atoms with Gasteiger partial charge in [-0.1, -0.05) is 0 Å². The van der Waals surface area contributed by atoms with Crippen LogP contribution in [0.3, 0.4) is 0 Å². The van der Waals surface area contributed by atoms with E-state index in [1.165, 1.54) is 0 Å². The predicted octanol–water partition coefficient (Wildman–Crippen LogP) is 0.399. The Morgan fingerprint density at radius 1 is 1.42 bits per heavy atom. The van der Waals surface area contributed by atoms with Crippen molar-refractivity contribution in [1.29, 1.82) is 0 Å². The van der Waals surface area contributed by atoms with Crippen molar-refractivity contribution in [2.75, 3.05) is 20.1 Å². The van der Waals surface area contributed by atoms with E-state index in [2.05, 4.69) is 31.0 Å². The molecule has 0 aliphatic carbocycles. The lowest BCUT2D eigenvalue weighted by molar-refractivity contribution is -0.00546. The number of likely N-dealkylation sites (N-methyl/N-ethyl adjacent to an activating group) is 1. The summed E-state index contributed by atoms with van der Waals surface area (Å²) in [6.45, 7) is 7.92. The van der Waals surface area contributed by atoms with Crippen molar-refractivity contribution in [3.63, 3.8) is 0 Å². The van der Waals surface area contributed by atoms with Gasteiger partial charge in [-0.3, -0.25) is 5.32 Å². The highest BCUT2D eigenvalue weighted by atomic mass is 16.3. The van der Waals surface area contributed by atoms with Gasteiger partial charge < -0.3 is 10.0 Å². The Bertz CT molecular complexity index is 164. The summed E-state index contributed by atoms with van der Waals surface area (Å²) in [5.74, 6) is 0. The average molecular weight is 172 g/mol.